The Morgan fingerprint density at radius 3 is 2.23 bits per heavy atom. The van der Waals surface area contributed by atoms with Gasteiger partial charge in [-0.2, -0.15) is 5.26 Å². The summed E-state index contributed by atoms with van der Waals surface area (Å²) in [6.07, 6.45) is 4.42. The van der Waals surface area contributed by atoms with Crippen LogP contribution in [0.5, 0.6) is 0 Å². The topological polar surface area (TPSA) is 65.4 Å². The van der Waals surface area contributed by atoms with Crippen LogP contribution in [-0.4, -0.2) is 36.2 Å². The molecule has 2 fully saturated rings. The highest BCUT2D eigenvalue weighted by Gasteiger charge is 2.39. The van der Waals surface area contributed by atoms with Gasteiger partial charge in [0.05, 0.1) is 11.5 Å². The number of hydrogen-bond acceptors (Lipinski definition) is 4. The molecule has 162 valence electrons. The van der Waals surface area contributed by atoms with Crippen LogP contribution < -0.4 is 5.32 Å². The van der Waals surface area contributed by atoms with E-state index in [1.807, 2.05) is 53.4 Å². The van der Waals surface area contributed by atoms with E-state index in [4.69, 9.17) is 4.74 Å². The van der Waals surface area contributed by atoms with Crippen molar-refractivity contribution in [3.05, 3.63) is 71.8 Å². The zero-order chi connectivity index (χ0) is 21.5. The highest BCUT2D eigenvalue weighted by Crippen LogP contribution is 2.40. The Hall–Kier alpha value is -2.84. The molecule has 1 saturated carbocycles. The first kappa shape index (κ1) is 21.4. The number of nitrogens with one attached hydrogen (secondary N) is 1. The van der Waals surface area contributed by atoms with Gasteiger partial charge in [0.15, 0.2) is 0 Å². The Kier molecular flexibility index (Phi) is 6.89. The van der Waals surface area contributed by atoms with Crippen LogP contribution in [0.4, 0.5) is 4.79 Å². The van der Waals surface area contributed by atoms with E-state index in [1.165, 1.54) is 0 Å². The molecule has 1 aliphatic carbocycles. The minimum atomic E-state index is -0.469. The Bertz CT molecular complexity index is 880. The van der Waals surface area contributed by atoms with Crippen LogP contribution in [0.2, 0.25) is 0 Å². The maximum absolute atomic E-state index is 13.2. The second-order valence-electron chi connectivity index (χ2n) is 8.74. The molecule has 4 rings (SSSR count). The molecule has 1 saturated heterocycles. The van der Waals surface area contributed by atoms with E-state index in [2.05, 4.69) is 23.5 Å². The van der Waals surface area contributed by atoms with Gasteiger partial charge in [0, 0.05) is 12.6 Å². The molecule has 0 unspecified atom stereocenters. The van der Waals surface area contributed by atoms with Crippen molar-refractivity contribution >= 4 is 6.09 Å². The quantitative estimate of drug-likeness (QED) is 0.760. The molecule has 0 bridgehead atoms. The van der Waals surface area contributed by atoms with Gasteiger partial charge in [-0.25, -0.2) is 4.79 Å². The molecule has 1 aliphatic heterocycles. The maximum atomic E-state index is 13.2. The SMILES string of the molecule is N#CC1(c2ccccc2)CCC(OC(=O)N(Cc2ccccc2)C2CCNCC2)CC1. The molecule has 0 radical (unpaired) electrons. The van der Waals surface area contributed by atoms with Crippen molar-refractivity contribution in [2.24, 2.45) is 0 Å². The molecule has 5 nitrogen and oxygen atoms in total. The molecule has 2 aromatic rings. The molecule has 2 aliphatic rings. The summed E-state index contributed by atoms with van der Waals surface area (Å²) in [5.74, 6) is 0. The maximum Gasteiger partial charge on any atom is 0.410 e. The molecule has 1 heterocycles. The van der Waals surface area contributed by atoms with Gasteiger partial charge in [0.1, 0.15) is 6.10 Å². The summed E-state index contributed by atoms with van der Waals surface area (Å²) in [5, 5.41) is 13.3. The van der Waals surface area contributed by atoms with Gasteiger partial charge >= 0.3 is 6.09 Å². The van der Waals surface area contributed by atoms with Crippen molar-refractivity contribution in [2.45, 2.75) is 62.6 Å². The minimum absolute atomic E-state index is 0.127. The van der Waals surface area contributed by atoms with Crippen LogP contribution in [-0.2, 0) is 16.7 Å². The van der Waals surface area contributed by atoms with E-state index in [1.54, 1.807) is 0 Å². The lowest BCUT2D eigenvalue weighted by molar-refractivity contribution is 0.0232. The first-order valence-corrected chi connectivity index (χ1v) is 11.4. The van der Waals surface area contributed by atoms with E-state index in [0.29, 0.717) is 6.54 Å². The average Bonchev–Trinajstić information content (AvgIpc) is 2.85. The second kappa shape index (κ2) is 9.98. The smallest absolute Gasteiger partial charge is 0.410 e. The van der Waals surface area contributed by atoms with Crippen molar-refractivity contribution in [3.8, 4) is 6.07 Å². The Balaban J connectivity index is 1.41. The van der Waals surface area contributed by atoms with Gasteiger partial charge in [-0.3, -0.25) is 0 Å². The number of ether oxygens (including phenoxy) is 1. The minimum Gasteiger partial charge on any atom is -0.446 e. The number of hydrogen-bond donors (Lipinski definition) is 1. The van der Waals surface area contributed by atoms with Gasteiger partial charge in [0.25, 0.3) is 0 Å². The third kappa shape index (κ3) is 5.08. The summed E-state index contributed by atoms with van der Waals surface area (Å²) in [5.41, 5.74) is 1.72. The largest absolute Gasteiger partial charge is 0.446 e. The fourth-order valence-electron chi connectivity index (χ4n) is 4.88. The van der Waals surface area contributed by atoms with E-state index in [-0.39, 0.29) is 18.2 Å². The van der Waals surface area contributed by atoms with Gasteiger partial charge < -0.3 is 15.0 Å². The van der Waals surface area contributed by atoms with E-state index in [9.17, 15) is 10.1 Å². The number of carbonyl (C=O) groups is 1. The van der Waals surface area contributed by atoms with Crippen LogP contribution in [0.15, 0.2) is 60.7 Å². The molecule has 2 aromatic carbocycles. The fourth-order valence-corrected chi connectivity index (χ4v) is 4.88. The number of benzene rings is 2. The second-order valence-corrected chi connectivity index (χ2v) is 8.74. The van der Waals surface area contributed by atoms with E-state index in [0.717, 1.165) is 62.7 Å². The van der Waals surface area contributed by atoms with Crippen LogP contribution in [0, 0.1) is 11.3 Å². The van der Waals surface area contributed by atoms with Crippen LogP contribution in [0.25, 0.3) is 0 Å². The Labute approximate surface area is 185 Å². The normalized spacial score (nSPS) is 24.2. The predicted molar refractivity (Wildman–Crippen MR) is 120 cm³/mol. The van der Waals surface area contributed by atoms with Crippen LogP contribution in [0.1, 0.15) is 49.7 Å². The van der Waals surface area contributed by atoms with Gasteiger partial charge in [-0.1, -0.05) is 60.7 Å². The van der Waals surface area contributed by atoms with E-state index >= 15 is 0 Å². The highest BCUT2D eigenvalue weighted by atomic mass is 16.6. The molecule has 1 amide bonds. The monoisotopic (exact) mass is 417 g/mol. The number of carbonyl (C=O) groups excluding carboxylic acids is 1. The van der Waals surface area contributed by atoms with Gasteiger partial charge in [-0.05, 0) is 62.7 Å². The van der Waals surface area contributed by atoms with Crippen LogP contribution >= 0.6 is 0 Å². The first-order chi connectivity index (χ1) is 15.2. The predicted octanol–water partition coefficient (Wildman–Crippen LogP) is 4.78. The molecule has 0 atom stereocenters. The Morgan fingerprint density at radius 1 is 1.00 bits per heavy atom. The standard InChI is InChI=1S/C26H31N3O2/c27-20-26(22-9-5-2-6-10-22)15-11-24(12-16-26)31-25(30)29(23-13-17-28-18-14-23)19-21-7-3-1-4-8-21/h1-10,23-24,28H,11-19H2. The Morgan fingerprint density at radius 2 is 1.61 bits per heavy atom. The number of nitriles is 1. The van der Waals surface area contributed by atoms with Crippen molar-refractivity contribution in [3.63, 3.8) is 0 Å². The highest BCUT2D eigenvalue weighted by molar-refractivity contribution is 5.68. The lowest BCUT2D eigenvalue weighted by Gasteiger charge is -2.38. The number of rotatable bonds is 5. The third-order valence-corrected chi connectivity index (χ3v) is 6.77. The summed E-state index contributed by atoms with van der Waals surface area (Å²) in [6.45, 7) is 2.42. The third-order valence-electron chi connectivity index (χ3n) is 6.77. The molecule has 0 spiro atoms. The summed E-state index contributed by atoms with van der Waals surface area (Å²) >= 11 is 0. The molecule has 31 heavy (non-hydrogen) atoms. The summed E-state index contributed by atoms with van der Waals surface area (Å²) in [4.78, 5) is 15.2. The number of piperidine rings is 1. The lowest BCUT2D eigenvalue weighted by Crippen LogP contribution is -2.47. The van der Waals surface area contributed by atoms with E-state index < -0.39 is 5.41 Å². The summed E-state index contributed by atoms with van der Waals surface area (Å²) in [7, 11) is 0. The van der Waals surface area contributed by atoms with Crippen molar-refractivity contribution in [2.75, 3.05) is 13.1 Å². The summed E-state index contributed by atoms with van der Waals surface area (Å²) in [6, 6.07) is 22.9. The van der Waals surface area contributed by atoms with Crippen molar-refractivity contribution in [1.29, 1.82) is 5.26 Å². The van der Waals surface area contributed by atoms with Gasteiger partial charge in [-0.15, -0.1) is 0 Å². The zero-order valence-corrected chi connectivity index (χ0v) is 18.0. The molecular formula is C26H31N3O2. The molecular weight excluding hydrogens is 386 g/mol. The molecule has 5 heteroatoms. The van der Waals surface area contributed by atoms with Crippen LogP contribution in [0.3, 0.4) is 0 Å². The number of amides is 1. The van der Waals surface area contributed by atoms with Gasteiger partial charge in [0.2, 0.25) is 0 Å². The lowest BCUT2D eigenvalue weighted by atomic mass is 9.70. The molecule has 1 N–H and O–H groups in total. The first-order valence-electron chi connectivity index (χ1n) is 11.4. The fraction of sp³-hybridized carbons (Fsp3) is 0.462. The van der Waals surface area contributed by atoms with Crippen molar-refractivity contribution in [1.82, 2.24) is 10.2 Å². The summed E-state index contributed by atoms with van der Waals surface area (Å²) < 4.78 is 6.01. The van der Waals surface area contributed by atoms with Crippen molar-refractivity contribution < 1.29 is 9.53 Å². The average molecular weight is 418 g/mol. The molecule has 0 aromatic heterocycles. The zero-order valence-electron chi connectivity index (χ0n) is 18.0. The number of nitrogens with zero attached hydrogens (tertiary/aromatic N) is 2.